The van der Waals surface area contributed by atoms with Crippen LogP contribution in [0.4, 0.5) is 19.0 Å². The van der Waals surface area contributed by atoms with E-state index in [-0.39, 0.29) is 58.5 Å². The third-order valence-corrected chi connectivity index (χ3v) is 8.88. The number of benzene rings is 2. The molecule has 6 rings (SSSR count). The average Bonchev–Trinajstić information content (AvgIpc) is 3.34. The van der Waals surface area contributed by atoms with Gasteiger partial charge < -0.3 is 14.5 Å². The molecule has 2 aliphatic rings. The van der Waals surface area contributed by atoms with E-state index in [9.17, 15) is 22.8 Å². The van der Waals surface area contributed by atoms with Gasteiger partial charge in [0.2, 0.25) is 0 Å². The van der Waals surface area contributed by atoms with E-state index in [0.717, 1.165) is 17.7 Å². The lowest BCUT2D eigenvalue weighted by Crippen LogP contribution is -2.33. The standard InChI is InChI=1S/C34H36F3N5O3/c1-5-45-32(43)13-23-24-17-40(18-25(23)24)34(44)29-14-30-38-28(22-11-26(35)33(37)27(36)12-22)15-31(42(30)39-29)41(16-19(2)3)20(4)21-9-7-6-8-10-21/h6-12,14-15,19-20,23-25H,5,13,16-18H2,1-4H3/t20-,23?,24-,25+/m0/s1. The fourth-order valence-corrected chi connectivity index (χ4v) is 6.57. The first-order chi connectivity index (χ1) is 21.5. The molecule has 0 spiro atoms. The molecule has 1 amide bonds. The van der Waals surface area contributed by atoms with Gasteiger partial charge in [-0.25, -0.2) is 18.2 Å². The molecule has 45 heavy (non-hydrogen) atoms. The van der Waals surface area contributed by atoms with Gasteiger partial charge in [-0.1, -0.05) is 44.2 Å². The lowest BCUT2D eigenvalue weighted by atomic mass is 10.0. The van der Waals surface area contributed by atoms with Crippen LogP contribution < -0.4 is 4.90 Å². The van der Waals surface area contributed by atoms with Crippen LogP contribution in [-0.4, -0.2) is 57.6 Å². The Kier molecular flexibility index (Phi) is 8.28. The van der Waals surface area contributed by atoms with Gasteiger partial charge in [-0.15, -0.1) is 0 Å². The molecule has 3 heterocycles. The minimum Gasteiger partial charge on any atom is -0.466 e. The van der Waals surface area contributed by atoms with Gasteiger partial charge >= 0.3 is 5.97 Å². The number of hydrogen-bond donors (Lipinski definition) is 0. The molecule has 4 atom stereocenters. The monoisotopic (exact) mass is 619 g/mol. The molecule has 0 radical (unpaired) electrons. The van der Waals surface area contributed by atoms with E-state index < -0.39 is 17.5 Å². The van der Waals surface area contributed by atoms with E-state index >= 15 is 0 Å². The molecule has 2 aromatic carbocycles. The van der Waals surface area contributed by atoms with Gasteiger partial charge in [0.15, 0.2) is 28.8 Å². The highest BCUT2D eigenvalue weighted by atomic mass is 19.2. The number of carbonyl (C=O) groups excluding carboxylic acids is 2. The number of nitrogens with zero attached hydrogens (tertiary/aromatic N) is 5. The first kappa shape index (κ1) is 30.6. The Hall–Kier alpha value is -4.41. The second-order valence-electron chi connectivity index (χ2n) is 12.4. The lowest BCUT2D eigenvalue weighted by molar-refractivity contribution is -0.143. The van der Waals surface area contributed by atoms with Gasteiger partial charge in [0.25, 0.3) is 5.91 Å². The van der Waals surface area contributed by atoms with Gasteiger partial charge in [0, 0.05) is 43.8 Å². The fraction of sp³-hybridized carbons (Fsp3) is 0.412. The Morgan fingerprint density at radius 2 is 1.67 bits per heavy atom. The van der Waals surface area contributed by atoms with Crippen molar-refractivity contribution in [2.75, 3.05) is 31.1 Å². The predicted molar refractivity (Wildman–Crippen MR) is 163 cm³/mol. The van der Waals surface area contributed by atoms with E-state index in [2.05, 4.69) is 30.7 Å². The van der Waals surface area contributed by atoms with Gasteiger partial charge in [-0.2, -0.15) is 9.61 Å². The summed E-state index contributed by atoms with van der Waals surface area (Å²) in [5.41, 5.74) is 1.83. The zero-order valence-corrected chi connectivity index (χ0v) is 25.7. The molecule has 1 aliphatic carbocycles. The number of carbonyl (C=O) groups is 2. The molecule has 1 saturated heterocycles. The zero-order valence-electron chi connectivity index (χ0n) is 25.7. The highest BCUT2D eigenvalue weighted by Crippen LogP contribution is 2.53. The maximum atomic E-state index is 14.3. The maximum absolute atomic E-state index is 14.3. The van der Waals surface area contributed by atoms with Crippen LogP contribution in [-0.2, 0) is 9.53 Å². The molecule has 0 N–H and O–H groups in total. The van der Waals surface area contributed by atoms with E-state index in [0.29, 0.717) is 44.1 Å². The Bertz CT molecular complexity index is 1710. The molecule has 1 unspecified atom stereocenters. The summed E-state index contributed by atoms with van der Waals surface area (Å²) in [6.07, 6.45) is 0.367. The summed E-state index contributed by atoms with van der Waals surface area (Å²) >= 11 is 0. The largest absolute Gasteiger partial charge is 0.466 e. The van der Waals surface area contributed by atoms with Crippen LogP contribution in [0.15, 0.2) is 54.6 Å². The molecule has 0 bridgehead atoms. The predicted octanol–water partition coefficient (Wildman–Crippen LogP) is 6.31. The number of rotatable bonds is 10. The summed E-state index contributed by atoms with van der Waals surface area (Å²) in [4.78, 5) is 34.1. The third-order valence-electron chi connectivity index (χ3n) is 8.88. The summed E-state index contributed by atoms with van der Waals surface area (Å²) in [6.45, 7) is 10.0. The third kappa shape index (κ3) is 6.00. The Morgan fingerprint density at radius 1 is 1.00 bits per heavy atom. The van der Waals surface area contributed by atoms with Crippen LogP contribution >= 0.6 is 0 Å². The van der Waals surface area contributed by atoms with Crippen molar-refractivity contribution in [3.63, 3.8) is 0 Å². The highest BCUT2D eigenvalue weighted by Gasteiger charge is 2.57. The normalized spacial score (nSPS) is 19.6. The number of piperidine rings is 1. The molecule has 1 aliphatic heterocycles. The summed E-state index contributed by atoms with van der Waals surface area (Å²) in [6, 6.07) is 14.8. The van der Waals surface area contributed by atoms with Crippen molar-refractivity contribution >= 4 is 23.3 Å². The number of halogens is 3. The van der Waals surface area contributed by atoms with Gasteiger partial charge in [-0.05, 0) is 55.2 Å². The Balaban J connectivity index is 1.38. The average molecular weight is 620 g/mol. The van der Waals surface area contributed by atoms with E-state index in [1.165, 1.54) is 0 Å². The number of amides is 1. The molecule has 8 nitrogen and oxygen atoms in total. The molecule has 11 heteroatoms. The molecular formula is C34H36F3N5O3. The van der Waals surface area contributed by atoms with Crippen LogP contribution in [0.2, 0.25) is 0 Å². The van der Waals surface area contributed by atoms with Crippen molar-refractivity contribution in [1.29, 1.82) is 0 Å². The zero-order chi connectivity index (χ0) is 32.0. The van der Waals surface area contributed by atoms with Crippen molar-refractivity contribution in [3.05, 3.63) is 83.3 Å². The van der Waals surface area contributed by atoms with E-state index in [1.54, 1.807) is 28.5 Å². The van der Waals surface area contributed by atoms with Crippen LogP contribution in [0.1, 0.15) is 56.2 Å². The number of likely N-dealkylation sites (tertiary alicyclic amines) is 1. The number of fused-ring (bicyclic) bond motifs is 2. The molecular weight excluding hydrogens is 583 g/mol. The molecule has 2 fully saturated rings. The van der Waals surface area contributed by atoms with E-state index in [1.807, 2.05) is 30.3 Å². The van der Waals surface area contributed by atoms with Gasteiger partial charge in [0.1, 0.15) is 5.82 Å². The molecule has 236 valence electrons. The minimum atomic E-state index is -1.55. The minimum absolute atomic E-state index is 0.0633. The van der Waals surface area contributed by atoms with Crippen molar-refractivity contribution in [1.82, 2.24) is 19.5 Å². The highest BCUT2D eigenvalue weighted by molar-refractivity contribution is 5.94. The first-order valence-corrected chi connectivity index (χ1v) is 15.4. The van der Waals surface area contributed by atoms with E-state index in [4.69, 9.17) is 9.84 Å². The summed E-state index contributed by atoms with van der Waals surface area (Å²) in [5.74, 6) is -3.11. The SMILES string of the molecule is CCOC(=O)CC1[C@H]2CN(C(=O)c3cc4nc(-c5cc(F)c(F)c(F)c5)cc(N(CC(C)C)[C@@H](C)c5ccccc5)n4n3)C[C@@H]12. The number of ether oxygens (including phenoxy) is 1. The van der Waals surface area contributed by atoms with Crippen LogP contribution in [0.5, 0.6) is 0 Å². The van der Waals surface area contributed by atoms with Crippen LogP contribution in [0, 0.1) is 41.1 Å². The summed E-state index contributed by atoms with van der Waals surface area (Å²) in [5, 5.41) is 4.72. The number of anilines is 1. The second-order valence-corrected chi connectivity index (χ2v) is 12.4. The lowest BCUT2D eigenvalue weighted by Gasteiger charge is -2.33. The van der Waals surface area contributed by atoms with Gasteiger partial charge in [0.05, 0.1) is 18.3 Å². The molecule has 1 saturated carbocycles. The van der Waals surface area contributed by atoms with Crippen molar-refractivity contribution in [2.45, 2.75) is 40.2 Å². The quantitative estimate of drug-likeness (QED) is 0.153. The number of aromatic nitrogens is 3. The van der Waals surface area contributed by atoms with Crippen molar-refractivity contribution < 1.29 is 27.5 Å². The van der Waals surface area contributed by atoms with Crippen molar-refractivity contribution in [2.24, 2.45) is 23.7 Å². The topological polar surface area (TPSA) is 80.0 Å². The smallest absolute Gasteiger partial charge is 0.306 e. The van der Waals surface area contributed by atoms with Crippen molar-refractivity contribution in [3.8, 4) is 11.3 Å². The molecule has 2 aromatic heterocycles. The Labute approximate surface area is 259 Å². The number of hydrogen-bond acceptors (Lipinski definition) is 6. The van der Waals surface area contributed by atoms with Crippen LogP contribution in [0.25, 0.3) is 16.9 Å². The summed E-state index contributed by atoms with van der Waals surface area (Å²) < 4.78 is 49.2. The summed E-state index contributed by atoms with van der Waals surface area (Å²) in [7, 11) is 0. The second kappa shape index (κ2) is 12.2. The van der Waals surface area contributed by atoms with Crippen LogP contribution in [0.3, 0.4) is 0 Å². The fourth-order valence-electron chi connectivity index (χ4n) is 6.57. The number of esters is 1. The first-order valence-electron chi connectivity index (χ1n) is 15.4. The maximum Gasteiger partial charge on any atom is 0.306 e. The van der Waals surface area contributed by atoms with Gasteiger partial charge in [-0.3, -0.25) is 9.59 Å². The Morgan fingerprint density at radius 3 is 2.29 bits per heavy atom. The molecule has 4 aromatic rings.